The smallest absolute Gasteiger partial charge is 0.0622 e. The molecule has 1 fully saturated rings. The van der Waals surface area contributed by atoms with Crippen LogP contribution in [0.4, 0.5) is 0 Å². The van der Waals surface area contributed by atoms with Crippen LogP contribution in [-0.2, 0) is 0 Å². The monoisotopic (exact) mass is 153 g/mol. The maximum Gasteiger partial charge on any atom is 0.0622 e. The zero-order chi connectivity index (χ0) is 8.16. The molecule has 0 spiro atoms. The van der Waals surface area contributed by atoms with Crippen molar-refractivity contribution in [3.63, 3.8) is 0 Å². The predicted octanol–water partition coefficient (Wildman–Crippen LogP) is 0.371. The van der Waals surface area contributed by atoms with Gasteiger partial charge in [0, 0.05) is 12.0 Å². The summed E-state index contributed by atoms with van der Waals surface area (Å²) in [6.45, 7) is 2.00. The van der Waals surface area contributed by atoms with Crippen LogP contribution >= 0.6 is 0 Å². The normalized spacial score (nSPS) is 22.5. The lowest BCUT2D eigenvalue weighted by Gasteiger charge is -2.33. The highest BCUT2D eigenvalue weighted by Crippen LogP contribution is 2.20. The van der Waals surface area contributed by atoms with Gasteiger partial charge in [0.2, 0.25) is 0 Å². The van der Waals surface area contributed by atoms with E-state index in [2.05, 4.69) is 11.4 Å². The van der Waals surface area contributed by atoms with Gasteiger partial charge in [-0.1, -0.05) is 0 Å². The molecular weight excluding hydrogens is 138 g/mol. The Hall–Kier alpha value is -0.590. The van der Waals surface area contributed by atoms with Crippen LogP contribution in [0.15, 0.2) is 0 Å². The second kappa shape index (κ2) is 3.70. The van der Waals surface area contributed by atoms with E-state index in [1.54, 1.807) is 0 Å². The molecule has 0 radical (unpaired) electrons. The van der Waals surface area contributed by atoms with Crippen molar-refractivity contribution in [2.45, 2.75) is 31.2 Å². The van der Waals surface area contributed by atoms with Crippen molar-refractivity contribution in [1.82, 2.24) is 5.32 Å². The summed E-state index contributed by atoms with van der Waals surface area (Å²) >= 11 is 0. The Balaban J connectivity index is 2.32. The summed E-state index contributed by atoms with van der Waals surface area (Å²) in [5, 5.41) is 11.6. The molecule has 0 bridgehead atoms. The summed E-state index contributed by atoms with van der Waals surface area (Å²) < 4.78 is 0. The number of nitriles is 1. The summed E-state index contributed by atoms with van der Waals surface area (Å²) in [6.07, 6.45) is 3.46. The molecule has 0 aromatic rings. The summed E-state index contributed by atoms with van der Waals surface area (Å²) in [7, 11) is 0. The van der Waals surface area contributed by atoms with Gasteiger partial charge >= 0.3 is 0 Å². The Morgan fingerprint density at radius 3 is 2.64 bits per heavy atom. The van der Waals surface area contributed by atoms with Crippen LogP contribution in [0.2, 0.25) is 0 Å². The Bertz CT molecular complexity index is 153. The summed E-state index contributed by atoms with van der Waals surface area (Å²) in [6, 6.07) is 2.14. The Morgan fingerprint density at radius 2 is 2.09 bits per heavy atom. The number of hydrogen-bond donors (Lipinski definition) is 2. The van der Waals surface area contributed by atoms with Crippen molar-refractivity contribution in [3.8, 4) is 6.07 Å². The molecule has 0 aromatic heterocycles. The van der Waals surface area contributed by atoms with Crippen LogP contribution < -0.4 is 11.1 Å². The average molecular weight is 153 g/mol. The minimum atomic E-state index is -0.0546. The van der Waals surface area contributed by atoms with E-state index in [1.807, 2.05) is 0 Å². The molecule has 3 nitrogen and oxygen atoms in total. The molecule has 3 N–H and O–H groups in total. The fourth-order valence-electron chi connectivity index (χ4n) is 1.48. The van der Waals surface area contributed by atoms with E-state index < -0.39 is 0 Å². The summed E-state index contributed by atoms with van der Waals surface area (Å²) in [5.74, 6) is 0. The second-order valence-corrected chi connectivity index (χ2v) is 3.27. The third kappa shape index (κ3) is 2.49. The van der Waals surface area contributed by atoms with Gasteiger partial charge < -0.3 is 11.1 Å². The zero-order valence-electron chi connectivity index (χ0n) is 6.77. The van der Waals surface area contributed by atoms with E-state index >= 15 is 0 Å². The van der Waals surface area contributed by atoms with Gasteiger partial charge in [-0.3, -0.25) is 0 Å². The molecule has 0 aromatic carbocycles. The van der Waals surface area contributed by atoms with Gasteiger partial charge in [0.25, 0.3) is 0 Å². The first kappa shape index (κ1) is 8.51. The SMILES string of the molecule is N#CCCC1(N)CCNCC1. The molecule has 0 aliphatic carbocycles. The lowest BCUT2D eigenvalue weighted by molar-refractivity contribution is 0.294. The molecule has 0 atom stereocenters. The number of nitrogens with one attached hydrogen (secondary N) is 1. The minimum absolute atomic E-state index is 0.0546. The topological polar surface area (TPSA) is 61.8 Å². The van der Waals surface area contributed by atoms with Crippen molar-refractivity contribution in [2.75, 3.05) is 13.1 Å². The molecule has 1 aliphatic heterocycles. The number of nitrogens with two attached hydrogens (primary N) is 1. The third-order valence-electron chi connectivity index (χ3n) is 2.33. The molecule has 1 saturated heterocycles. The van der Waals surface area contributed by atoms with Crippen LogP contribution in [-0.4, -0.2) is 18.6 Å². The molecule has 1 aliphatic rings. The highest BCUT2D eigenvalue weighted by atomic mass is 14.9. The van der Waals surface area contributed by atoms with Gasteiger partial charge in [0.15, 0.2) is 0 Å². The molecule has 11 heavy (non-hydrogen) atoms. The van der Waals surface area contributed by atoms with Gasteiger partial charge in [-0.25, -0.2) is 0 Å². The molecule has 0 amide bonds. The highest BCUT2D eigenvalue weighted by Gasteiger charge is 2.26. The average Bonchev–Trinajstić information content (AvgIpc) is 2.03. The Kier molecular flexibility index (Phi) is 2.86. The van der Waals surface area contributed by atoms with Crippen LogP contribution in [0.1, 0.15) is 25.7 Å². The molecular formula is C8H15N3. The Morgan fingerprint density at radius 1 is 1.45 bits per heavy atom. The molecule has 3 heteroatoms. The maximum absolute atomic E-state index is 8.39. The van der Waals surface area contributed by atoms with Gasteiger partial charge in [0.1, 0.15) is 0 Å². The van der Waals surface area contributed by atoms with Gasteiger partial charge in [-0.15, -0.1) is 0 Å². The number of hydrogen-bond acceptors (Lipinski definition) is 3. The van der Waals surface area contributed by atoms with E-state index in [9.17, 15) is 0 Å². The lowest BCUT2D eigenvalue weighted by Crippen LogP contribution is -2.48. The zero-order valence-corrected chi connectivity index (χ0v) is 6.77. The minimum Gasteiger partial charge on any atom is -0.325 e. The molecule has 1 rings (SSSR count). The maximum atomic E-state index is 8.39. The Labute approximate surface area is 67.6 Å². The first-order valence-electron chi connectivity index (χ1n) is 4.13. The predicted molar refractivity (Wildman–Crippen MR) is 43.9 cm³/mol. The number of rotatable bonds is 2. The lowest BCUT2D eigenvalue weighted by atomic mass is 9.85. The van der Waals surface area contributed by atoms with Crippen molar-refractivity contribution >= 4 is 0 Å². The quantitative estimate of drug-likeness (QED) is 0.602. The van der Waals surface area contributed by atoms with Crippen molar-refractivity contribution in [1.29, 1.82) is 5.26 Å². The van der Waals surface area contributed by atoms with Gasteiger partial charge in [0.05, 0.1) is 6.07 Å². The van der Waals surface area contributed by atoms with Gasteiger partial charge in [-0.2, -0.15) is 5.26 Å². The van der Waals surface area contributed by atoms with E-state index in [-0.39, 0.29) is 5.54 Å². The van der Waals surface area contributed by atoms with Gasteiger partial charge in [-0.05, 0) is 32.4 Å². The number of nitrogens with zero attached hydrogens (tertiary/aromatic N) is 1. The second-order valence-electron chi connectivity index (χ2n) is 3.27. The van der Waals surface area contributed by atoms with Crippen LogP contribution in [0, 0.1) is 11.3 Å². The third-order valence-corrected chi connectivity index (χ3v) is 2.33. The van der Waals surface area contributed by atoms with E-state index in [0.29, 0.717) is 6.42 Å². The summed E-state index contributed by atoms with van der Waals surface area (Å²) in [4.78, 5) is 0. The van der Waals surface area contributed by atoms with E-state index in [4.69, 9.17) is 11.0 Å². The van der Waals surface area contributed by atoms with Crippen LogP contribution in [0.5, 0.6) is 0 Å². The molecule has 62 valence electrons. The summed E-state index contributed by atoms with van der Waals surface area (Å²) in [5.41, 5.74) is 6.00. The fraction of sp³-hybridized carbons (Fsp3) is 0.875. The number of piperidine rings is 1. The van der Waals surface area contributed by atoms with Crippen molar-refractivity contribution in [2.24, 2.45) is 5.73 Å². The molecule has 0 unspecified atom stereocenters. The molecule has 0 saturated carbocycles. The highest BCUT2D eigenvalue weighted by molar-refractivity contribution is 4.91. The first-order valence-corrected chi connectivity index (χ1v) is 4.13. The van der Waals surface area contributed by atoms with Crippen LogP contribution in [0.3, 0.4) is 0 Å². The van der Waals surface area contributed by atoms with E-state index in [0.717, 1.165) is 32.4 Å². The van der Waals surface area contributed by atoms with Crippen molar-refractivity contribution < 1.29 is 0 Å². The van der Waals surface area contributed by atoms with E-state index in [1.165, 1.54) is 0 Å². The first-order chi connectivity index (χ1) is 5.27. The standard InChI is InChI=1S/C8H15N3/c9-5-1-2-8(10)3-6-11-7-4-8/h11H,1-4,6-7,10H2. The largest absolute Gasteiger partial charge is 0.325 e. The van der Waals surface area contributed by atoms with Crippen molar-refractivity contribution in [3.05, 3.63) is 0 Å². The fourth-order valence-corrected chi connectivity index (χ4v) is 1.48. The van der Waals surface area contributed by atoms with Crippen LogP contribution in [0.25, 0.3) is 0 Å². The molecule has 1 heterocycles.